The molecule has 1 atom stereocenters. The summed E-state index contributed by atoms with van der Waals surface area (Å²) in [6.45, 7) is 0.0990. The van der Waals surface area contributed by atoms with Crippen LogP contribution in [0.1, 0.15) is 27.9 Å². The summed E-state index contributed by atoms with van der Waals surface area (Å²) < 4.78 is 11.1. The number of Topliss-reactive ketones (excluding diaryl/α,β-unsaturated/α-hetero) is 1. The number of aromatic nitrogens is 1. The molecule has 5 rings (SSSR count). The number of aliphatic hydroxyl groups excluding tert-OH is 1. The molecule has 0 bridgehead atoms. The van der Waals surface area contributed by atoms with E-state index in [4.69, 9.17) is 20.8 Å². The molecular weight excluding hydrogens is 456 g/mol. The molecule has 0 saturated carbocycles. The summed E-state index contributed by atoms with van der Waals surface area (Å²) in [5.41, 5.74) is 1.58. The summed E-state index contributed by atoms with van der Waals surface area (Å²) in [6, 6.07) is 18.2. The minimum Gasteiger partial charge on any atom is -0.503 e. The fourth-order valence-electron chi connectivity index (χ4n) is 4.15. The molecule has 8 heteroatoms. The van der Waals surface area contributed by atoms with E-state index in [1.165, 1.54) is 12.0 Å². The molecule has 3 heterocycles. The Balaban J connectivity index is 1.60. The van der Waals surface area contributed by atoms with Gasteiger partial charge in [0, 0.05) is 16.6 Å². The van der Waals surface area contributed by atoms with Crippen LogP contribution in [0.4, 0.5) is 0 Å². The molecule has 1 unspecified atom stereocenters. The van der Waals surface area contributed by atoms with Gasteiger partial charge in [0.2, 0.25) is 5.78 Å². The lowest BCUT2D eigenvalue weighted by Gasteiger charge is -2.26. The Hall–Kier alpha value is -4.10. The maximum Gasteiger partial charge on any atom is 0.290 e. The highest BCUT2D eigenvalue weighted by atomic mass is 35.5. The van der Waals surface area contributed by atoms with Crippen molar-refractivity contribution >= 4 is 34.3 Å². The Morgan fingerprint density at radius 2 is 1.94 bits per heavy atom. The molecule has 1 N–H and O–H groups in total. The summed E-state index contributed by atoms with van der Waals surface area (Å²) in [5, 5.41) is 12.0. The van der Waals surface area contributed by atoms with Crippen LogP contribution in [-0.2, 0) is 11.3 Å². The average Bonchev–Trinajstić information content (AvgIpc) is 3.40. The first-order valence-electron chi connectivity index (χ1n) is 10.5. The lowest BCUT2D eigenvalue weighted by molar-refractivity contribution is -0.130. The number of ketones is 1. The highest BCUT2D eigenvalue weighted by molar-refractivity contribution is 6.30. The Labute approximate surface area is 199 Å². The van der Waals surface area contributed by atoms with Crippen molar-refractivity contribution in [2.24, 2.45) is 0 Å². The number of carbonyl (C=O) groups is 2. The van der Waals surface area contributed by atoms with Gasteiger partial charge in [0.05, 0.1) is 31.0 Å². The lowest BCUT2D eigenvalue weighted by Crippen LogP contribution is -2.31. The highest BCUT2D eigenvalue weighted by Gasteiger charge is 2.44. The van der Waals surface area contributed by atoms with Crippen LogP contribution in [0.25, 0.3) is 11.0 Å². The molecule has 34 heavy (non-hydrogen) atoms. The number of pyridine rings is 1. The van der Waals surface area contributed by atoms with Gasteiger partial charge in [-0.1, -0.05) is 41.9 Å². The summed E-state index contributed by atoms with van der Waals surface area (Å²) in [6.07, 6.45) is 1.62. The van der Waals surface area contributed by atoms with Gasteiger partial charge >= 0.3 is 0 Å². The maximum absolute atomic E-state index is 13.6. The van der Waals surface area contributed by atoms with Gasteiger partial charge in [0.25, 0.3) is 5.91 Å². The Bertz CT molecular complexity index is 1430. The predicted molar refractivity (Wildman–Crippen MR) is 126 cm³/mol. The highest BCUT2D eigenvalue weighted by Crippen LogP contribution is 2.41. The van der Waals surface area contributed by atoms with Gasteiger partial charge in [-0.3, -0.25) is 14.6 Å². The van der Waals surface area contributed by atoms with E-state index in [9.17, 15) is 14.7 Å². The number of carbonyl (C=O) groups excluding carboxylic acids is 2. The second kappa shape index (κ2) is 8.68. The molecule has 1 aliphatic heterocycles. The summed E-state index contributed by atoms with van der Waals surface area (Å²) in [5.74, 6) is -1.40. The number of rotatable bonds is 6. The molecule has 170 valence electrons. The number of hydrogen-bond donors (Lipinski definition) is 1. The second-order valence-corrected chi connectivity index (χ2v) is 8.23. The third kappa shape index (κ3) is 3.70. The average molecular weight is 475 g/mol. The molecule has 0 radical (unpaired) electrons. The number of para-hydroxylation sites is 1. The van der Waals surface area contributed by atoms with Crippen molar-refractivity contribution in [3.05, 3.63) is 106 Å². The van der Waals surface area contributed by atoms with Gasteiger partial charge < -0.3 is 19.2 Å². The molecule has 1 aliphatic rings. The van der Waals surface area contributed by atoms with Gasteiger partial charge in [-0.15, -0.1) is 0 Å². The molecule has 0 aliphatic carbocycles. The van der Waals surface area contributed by atoms with Crippen molar-refractivity contribution in [2.45, 2.75) is 12.6 Å². The van der Waals surface area contributed by atoms with Crippen molar-refractivity contribution in [1.82, 2.24) is 9.88 Å². The van der Waals surface area contributed by atoms with E-state index in [0.29, 0.717) is 33.0 Å². The van der Waals surface area contributed by atoms with Crippen molar-refractivity contribution in [3.8, 4) is 5.75 Å². The number of methoxy groups -OCH3 is 1. The molecule has 4 aromatic rings. The van der Waals surface area contributed by atoms with Crippen LogP contribution >= 0.6 is 11.6 Å². The fraction of sp³-hybridized carbons (Fsp3) is 0.115. The van der Waals surface area contributed by atoms with Crippen LogP contribution in [0.2, 0.25) is 5.02 Å². The largest absolute Gasteiger partial charge is 0.503 e. The summed E-state index contributed by atoms with van der Waals surface area (Å²) in [4.78, 5) is 32.5. The Morgan fingerprint density at radius 1 is 1.15 bits per heavy atom. The van der Waals surface area contributed by atoms with Gasteiger partial charge in [0.1, 0.15) is 0 Å². The van der Waals surface area contributed by atoms with E-state index >= 15 is 0 Å². The Kier molecular flexibility index (Phi) is 5.55. The summed E-state index contributed by atoms with van der Waals surface area (Å²) in [7, 11) is 1.51. The van der Waals surface area contributed by atoms with Gasteiger partial charge in [-0.25, -0.2) is 0 Å². The first kappa shape index (κ1) is 21.7. The van der Waals surface area contributed by atoms with Crippen LogP contribution in [0.15, 0.2) is 88.7 Å². The van der Waals surface area contributed by atoms with Crippen molar-refractivity contribution in [3.63, 3.8) is 0 Å². The SMILES string of the molecule is COc1cccc2cc(C(=O)C3=C(O)C(=O)N(Cc4ccccn4)C3c3ccc(Cl)cc3)oc12. The molecule has 2 aromatic heterocycles. The van der Waals surface area contributed by atoms with Crippen LogP contribution in [0.3, 0.4) is 0 Å². The number of benzene rings is 2. The van der Waals surface area contributed by atoms with Gasteiger partial charge in [-0.2, -0.15) is 0 Å². The van der Waals surface area contributed by atoms with Crippen LogP contribution in [-0.4, -0.2) is 33.8 Å². The molecular formula is C26H19ClN2O5. The van der Waals surface area contributed by atoms with Gasteiger partial charge in [-0.05, 0) is 42.0 Å². The number of ether oxygens (including phenoxy) is 1. The molecule has 0 saturated heterocycles. The zero-order valence-electron chi connectivity index (χ0n) is 18.1. The number of nitrogens with zero attached hydrogens (tertiary/aromatic N) is 2. The second-order valence-electron chi connectivity index (χ2n) is 7.79. The topological polar surface area (TPSA) is 92.9 Å². The van der Waals surface area contributed by atoms with E-state index in [1.807, 2.05) is 0 Å². The minimum absolute atomic E-state index is 0.00694. The van der Waals surface area contributed by atoms with Crippen molar-refractivity contribution in [1.29, 1.82) is 0 Å². The molecule has 0 spiro atoms. The predicted octanol–water partition coefficient (Wildman–Crippen LogP) is 5.27. The number of amides is 1. The smallest absolute Gasteiger partial charge is 0.290 e. The monoisotopic (exact) mass is 474 g/mol. The molecule has 7 nitrogen and oxygen atoms in total. The zero-order valence-corrected chi connectivity index (χ0v) is 18.8. The standard InChI is InChI=1S/C26H19ClN2O5/c1-33-19-7-4-5-16-13-20(34-25(16)19)23(30)21-22(15-8-10-17(27)11-9-15)29(26(32)24(21)31)14-18-6-2-3-12-28-18/h2-13,22,31H,14H2,1H3. The van der Waals surface area contributed by atoms with Crippen molar-refractivity contribution < 1.29 is 23.8 Å². The third-order valence-electron chi connectivity index (χ3n) is 5.74. The van der Waals surface area contributed by atoms with E-state index in [-0.39, 0.29) is 17.9 Å². The van der Waals surface area contributed by atoms with Gasteiger partial charge in [0.15, 0.2) is 22.9 Å². The van der Waals surface area contributed by atoms with Crippen LogP contribution in [0, 0.1) is 0 Å². The van der Waals surface area contributed by atoms with E-state index in [1.54, 1.807) is 72.9 Å². The normalized spacial score (nSPS) is 15.9. The zero-order chi connectivity index (χ0) is 23.8. The maximum atomic E-state index is 13.6. The van der Waals surface area contributed by atoms with E-state index < -0.39 is 23.5 Å². The lowest BCUT2D eigenvalue weighted by atomic mass is 9.95. The number of aliphatic hydroxyl groups is 1. The molecule has 2 aromatic carbocycles. The number of halogens is 1. The Morgan fingerprint density at radius 3 is 2.65 bits per heavy atom. The quantitative estimate of drug-likeness (QED) is 0.383. The first-order chi connectivity index (χ1) is 16.5. The number of fused-ring (bicyclic) bond motifs is 1. The minimum atomic E-state index is -0.852. The first-order valence-corrected chi connectivity index (χ1v) is 10.9. The van der Waals surface area contributed by atoms with E-state index in [0.717, 1.165) is 0 Å². The third-order valence-corrected chi connectivity index (χ3v) is 6.00. The number of hydrogen-bond acceptors (Lipinski definition) is 6. The fourth-order valence-corrected chi connectivity index (χ4v) is 4.27. The van der Waals surface area contributed by atoms with E-state index in [2.05, 4.69) is 4.98 Å². The molecule has 1 amide bonds. The molecule has 0 fully saturated rings. The van der Waals surface area contributed by atoms with Crippen LogP contribution < -0.4 is 4.74 Å². The number of furan rings is 1. The van der Waals surface area contributed by atoms with Crippen LogP contribution in [0.5, 0.6) is 5.75 Å². The van der Waals surface area contributed by atoms with Crippen molar-refractivity contribution in [2.75, 3.05) is 7.11 Å². The summed E-state index contributed by atoms with van der Waals surface area (Å²) >= 11 is 6.06.